The van der Waals surface area contributed by atoms with E-state index >= 15 is 0 Å². The first kappa shape index (κ1) is 29.0. The van der Waals surface area contributed by atoms with Crippen LogP contribution < -0.4 is 15.4 Å². The third kappa shape index (κ3) is 5.80. The molecule has 0 spiro atoms. The highest BCUT2D eigenvalue weighted by Crippen LogP contribution is 2.40. The number of halogens is 8. The van der Waals surface area contributed by atoms with Gasteiger partial charge in [0.25, 0.3) is 11.8 Å². The Hall–Kier alpha value is -3.52. The molecule has 0 bridgehead atoms. The van der Waals surface area contributed by atoms with Crippen LogP contribution in [0, 0.1) is 11.6 Å². The Balaban J connectivity index is 1.48. The molecule has 0 radical (unpaired) electrons. The van der Waals surface area contributed by atoms with E-state index in [0.717, 1.165) is 53.0 Å². The van der Waals surface area contributed by atoms with Crippen LogP contribution in [-0.4, -0.2) is 24.3 Å². The second-order valence-corrected chi connectivity index (χ2v) is 11.2. The van der Waals surface area contributed by atoms with Gasteiger partial charge >= 0.3 is 12.5 Å². The van der Waals surface area contributed by atoms with Crippen LogP contribution in [0.3, 0.4) is 0 Å². The summed E-state index contributed by atoms with van der Waals surface area (Å²) in [6, 6.07) is 10.3. The normalized spacial score (nSPS) is 11.8. The van der Waals surface area contributed by atoms with E-state index in [2.05, 4.69) is 15.4 Å². The summed E-state index contributed by atoms with van der Waals surface area (Å²) in [7, 11) is 0. The lowest BCUT2D eigenvalue weighted by molar-refractivity contribution is -0.252. The molecular formula is C26H12Cl2F6N2O3S2. The van der Waals surface area contributed by atoms with Crippen molar-refractivity contribution in [1.82, 2.24) is 0 Å². The van der Waals surface area contributed by atoms with Crippen LogP contribution in [0.25, 0.3) is 20.2 Å². The molecule has 0 fully saturated rings. The van der Waals surface area contributed by atoms with Gasteiger partial charge in [0, 0.05) is 25.9 Å². The molecule has 0 unspecified atom stereocenters. The average molecular weight is 649 g/mol. The van der Waals surface area contributed by atoms with Crippen molar-refractivity contribution in [3.05, 3.63) is 86.0 Å². The molecule has 5 aromatic rings. The van der Waals surface area contributed by atoms with Crippen molar-refractivity contribution >= 4 is 89.2 Å². The predicted octanol–water partition coefficient (Wildman–Crippen LogP) is 9.44. The SMILES string of the molecule is O=C(Nc1ccc(OC(F)(F)C(F)F)c(NC(=O)c2sc3cc(F)ccc3c2Cl)c1)c1sc2cc(F)ccc2c1Cl. The molecule has 2 amide bonds. The third-order valence-electron chi connectivity index (χ3n) is 5.58. The van der Waals surface area contributed by atoms with Gasteiger partial charge in [0.05, 0.1) is 15.7 Å². The minimum absolute atomic E-state index is 0.00621. The van der Waals surface area contributed by atoms with Crippen LogP contribution in [0.1, 0.15) is 19.3 Å². The molecule has 0 aliphatic carbocycles. The molecule has 212 valence electrons. The van der Waals surface area contributed by atoms with Crippen molar-refractivity contribution < 1.29 is 40.7 Å². The first-order valence-corrected chi connectivity index (χ1v) is 13.6. The second kappa shape index (κ2) is 11.0. The molecule has 0 atom stereocenters. The number of rotatable bonds is 7. The van der Waals surface area contributed by atoms with Crippen molar-refractivity contribution in [2.45, 2.75) is 12.5 Å². The number of thiophene rings is 2. The maximum atomic E-state index is 13.8. The zero-order valence-corrected chi connectivity index (χ0v) is 23.0. The number of ether oxygens (including phenoxy) is 1. The Morgan fingerprint density at radius 2 is 1.29 bits per heavy atom. The quantitative estimate of drug-likeness (QED) is 0.173. The third-order valence-corrected chi connectivity index (χ3v) is 8.89. The highest BCUT2D eigenvalue weighted by atomic mass is 35.5. The lowest BCUT2D eigenvalue weighted by atomic mass is 10.2. The van der Waals surface area contributed by atoms with Crippen molar-refractivity contribution in [3.63, 3.8) is 0 Å². The monoisotopic (exact) mass is 648 g/mol. The summed E-state index contributed by atoms with van der Waals surface area (Å²) in [5.41, 5.74) is -0.584. The summed E-state index contributed by atoms with van der Waals surface area (Å²) < 4.78 is 85.4. The summed E-state index contributed by atoms with van der Waals surface area (Å²) in [6.07, 6.45) is -9.12. The zero-order chi connectivity index (χ0) is 29.6. The molecule has 2 aromatic heterocycles. The molecule has 2 N–H and O–H groups in total. The van der Waals surface area contributed by atoms with Gasteiger partial charge in [-0.3, -0.25) is 9.59 Å². The molecule has 0 aliphatic rings. The molecule has 0 aliphatic heterocycles. The van der Waals surface area contributed by atoms with Gasteiger partial charge < -0.3 is 15.4 Å². The van der Waals surface area contributed by atoms with Crippen LogP contribution >= 0.6 is 45.9 Å². The van der Waals surface area contributed by atoms with Crippen LogP contribution in [0.15, 0.2) is 54.6 Å². The number of carbonyl (C=O) groups is 2. The van der Waals surface area contributed by atoms with Gasteiger partial charge in [-0.1, -0.05) is 23.2 Å². The van der Waals surface area contributed by atoms with E-state index < -0.39 is 47.4 Å². The van der Waals surface area contributed by atoms with Crippen LogP contribution in [0.5, 0.6) is 5.75 Å². The van der Waals surface area contributed by atoms with Gasteiger partial charge in [0.1, 0.15) is 27.1 Å². The molecular weight excluding hydrogens is 637 g/mol. The number of carbonyl (C=O) groups excluding carboxylic acids is 2. The zero-order valence-electron chi connectivity index (χ0n) is 19.8. The minimum Gasteiger partial charge on any atom is -0.426 e. The fourth-order valence-corrected chi connectivity index (χ4v) is 6.60. The van der Waals surface area contributed by atoms with Crippen LogP contribution in [0.2, 0.25) is 10.0 Å². The van der Waals surface area contributed by atoms with Gasteiger partial charge in [-0.2, -0.15) is 17.6 Å². The van der Waals surface area contributed by atoms with E-state index in [1.54, 1.807) is 0 Å². The largest absolute Gasteiger partial charge is 0.461 e. The Morgan fingerprint density at radius 3 is 1.80 bits per heavy atom. The molecule has 5 rings (SSSR count). The van der Waals surface area contributed by atoms with Gasteiger partial charge in [-0.05, 0) is 54.6 Å². The van der Waals surface area contributed by atoms with E-state index in [4.69, 9.17) is 23.2 Å². The number of hydrogen-bond donors (Lipinski definition) is 2. The number of nitrogens with one attached hydrogen (secondary N) is 2. The minimum atomic E-state index is -4.92. The Kier molecular flexibility index (Phi) is 7.81. The van der Waals surface area contributed by atoms with Crippen molar-refractivity contribution in [3.8, 4) is 5.75 Å². The van der Waals surface area contributed by atoms with Crippen molar-refractivity contribution in [2.75, 3.05) is 10.6 Å². The van der Waals surface area contributed by atoms with Gasteiger partial charge in [-0.25, -0.2) is 8.78 Å². The maximum Gasteiger partial charge on any atom is 0.461 e. The first-order chi connectivity index (χ1) is 19.3. The molecule has 3 aromatic carbocycles. The second-order valence-electron chi connectivity index (χ2n) is 8.36. The van der Waals surface area contributed by atoms with E-state index in [1.807, 2.05) is 0 Å². The molecule has 5 nitrogen and oxygen atoms in total. The highest BCUT2D eigenvalue weighted by Gasteiger charge is 2.44. The number of benzene rings is 3. The van der Waals surface area contributed by atoms with Crippen molar-refractivity contribution in [1.29, 1.82) is 0 Å². The summed E-state index contributed by atoms with van der Waals surface area (Å²) in [5.74, 6) is -3.67. The lowest BCUT2D eigenvalue weighted by Crippen LogP contribution is -2.33. The van der Waals surface area contributed by atoms with Gasteiger partial charge in [-0.15, -0.1) is 22.7 Å². The topological polar surface area (TPSA) is 67.4 Å². The Labute approximate surface area is 244 Å². The summed E-state index contributed by atoms with van der Waals surface area (Å²) >= 11 is 14.3. The number of amides is 2. The van der Waals surface area contributed by atoms with E-state index in [1.165, 1.54) is 24.3 Å². The van der Waals surface area contributed by atoms with Crippen LogP contribution in [-0.2, 0) is 0 Å². The average Bonchev–Trinajstić information content (AvgIpc) is 3.41. The predicted molar refractivity (Wildman–Crippen MR) is 148 cm³/mol. The van der Waals surface area contributed by atoms with E-state index in [-0.39, 0.29) is 25.5 Å². The number of anilines is 2. The summed E-state index contributed by atoms with van der Waals surface area (Å²) in [4.78, 5) is 25.9. The Morgan fingerprint density at radius 1 is 0.780 bits per heavy atom. The fraction of sp³-hybridized carbons (Fsp3) is 0.0769. The molecule has 0 saturated heterocycles. The summed E-state index contributed by atoms with van der Waals surface area (Å²) in [5, 5.41) is 5.51. The maximum absolute atomic E-state index is 13.8. The molecule has 0 saturated carbocycles. The van der Waals surface area contributed by atoms with Crippen LogP contribution in [0.4, 0.5) is 37.7 Å². The number of alkyl halides is 4. The van der Waals surface area contributed by atoms with E-state index in [9.17, 15) is 35.9 Å². The van der Waals surface area contributed by atoms with Crippen molar-refractivity contribution in [2.24, 2.45) is 0 Å². The van der Waals surface area contributed by atoms with Gasteiger partial charge in [0.15, 0.2) is 0 Å². The number of fused-ring (bicyclic) bond motifs is 2. The first-order valence-electron chi connectivity index (χ1n) is 11.2. The Bertz CT molecular complexity index is 1840. The lowest BCUT2D eigenvalue weighted by Gasteiger charge is -2.20. The molecule has 41 heavy (non-hydrogen) atoms. The number of hydrogen-bond acceptors (Lipinski definition) is 5. The smallest absolute Gasteiger partial charge is 0.426 e. The molecule has 2 heterocycles. The molecule has 15 heteroatoms. The highest BCUT2D eigenvalue weighted by molar-refractivity contribution is 7.22. The standard InChI is InChI=1S/C26H12Cl2F6N2O3S2/c27-19-13-4-1-10(29)7-17(13)40-21(19)23(37)35-12-3-6-16(39-26(33,34)25(31)32)15(9-12)36-24(38)22-20(28)14-5-2-11(30)8-18(14)41-22/h1-9,25H,(H,35,37)(H,36,38). The van der Waals surface area contributed by atoms with E-state index in [0.29, 0.717) is 20.2 Å². The summed E-state index contributed by atoms with van der Waals surface area (Å²) in [6.45, 7) is 0. The van der Waals surface area contributed by atoms with Gasteiger partial charge in [0.2, 0.25) is 0 Å². The fourth-order valence-electron chi connectivity index (χ4n) is 3.72.